The lowest BCUT2D eigenvalue weighted by Gasteiger charge is -2.32. The molecule has 0 aliphatic carbocycles. The van der Waals surface area contributed by atoms with E-state index < -0.39 is 0 Å². The second-order valence-corrected chi connectivity index (χ2v) is 6.19. The Morgan fingerprint density at radius 2 is 2.25 bits per heavy atom. The van der Waals surface area contributed by atoms with Crippen LogP contribution in [-0.2, 0) is 11.2 Å². The molecule has 1 saturated heterocycles. The van der Waals surface area contributed by atoms with E-state index in [-0.39, 0.29) is 5.91 Å². The number of aryl methyl sites for hydroxylation is 1. The number of amides is 1. The predicted octanol–water partition coefficient (Wildman–Crippen LogP) is 2.96. The third-order valence-electron chi connectivity index (χ3n) is 4.22. The van der Waals surface area contributed by atoms with Crippen molar-refractivity contribution >= 4 is 5.91 Å². The zero-order chi connectivity index (χ0) is 14.7. The molecule has 4 nitrogen and oxygen atoms in total. The molecule has 20 heavy (non-hydrogen) atoms. The molecule has 1 fully saturated rings. The number of rotatable bonds is 4. The highest BCUT2D eigenvalue weighted by molar-refractivity contribution is 5.75. The summed E-state index contributed by atoms with van der Waals surface area (Å²) in [6.07, 6.45) is 5.90. The van der Waals surface area contributed by atoms with Crippen LogP contribution in [0.2, 0.25) is 0 Å². The van der Waals surface area contributed by atoms with Gasteiger partial charge in [0.05, 0.1) is 0 Å². The Kier molecular flexibility index (Phi) is 4.84. The minimum absolute atomic E-state index is 0.290. The first-order valence-electron chi connectivity index (χ1n) is 7.83. The quantitative estimate of drug-likeness (QED) is 0.848. The molecule has 1 amide bonds. The smallest absolute Gasteiger partial charge is 0.222 e. The fourth-order valence-electron chi connectivity index (χ4n) is 3.29. The van der Waals surface area contributed by atoms with Crippen LogP contribution < -0.4 is 0 Å². The van der Waals surface area contributed by atoms with Gasteiger partial charge in [0.1, 0.15) is 5.82 Å². The van der Waals surface area contributed by atoms with E-state index in [1.807, 2.05) is 18.0 Å². The molecule has 0 aromatic carbocycles. The highest BCUT2D eigenvalue weighted by Crippen LogP contribution is 2.23. The van der Waals surface area contributed by atoms with Crippen molar-refractivity contribution in [2.24, 2.45) is 5.92 Å². The minimum Gasteiger partial charge on any atom is -0.342 e. The average Bonchev–Trinajstić information content (AvgIpc) is 2.79. The van der Waals surface area contributed by atoms with Crippen LogP contribution in [0.4, 0.5) is 0 Å². The first-order valence-corrected chi connectivity index (χ1v) is 7.83. The van der Waals surface area contributed by atoms with Crippen LogP contribution in [-0.4, -0.2) is 33.4 Å². The molecular formula is C16H27N3O. The molecule has 1 aromatic heterocycles. The highest BCUT2D eigenvalue weighted by atomic mass is 16.2. The van der Waals surface area contributed by atoms with Gasteiger partial charge in [0, 0.05) is 43.9 Å². The van der Waals surface area contributed by atoms with Gasteiger partial charge in [0.25, 0.3) is 0 Å². The van der Waals surface area contributed by atoms with Gasteiger partial charge in [-0.25, -0.2) is 4.98 Å². The van der Waals surface area contributed by atoms with E-state index in [0.29, 0.717) is 18.4 Å². The number of carbonyl (C=O) groups excluding carboxylic acids is 1. The Bertz CT molecular complexity index is 464. The number of piperidine rings is 1. The molecule has 0 N–H and O–H groups in total. The lowest BCUT2D eigenvalue weighted by atomic mass is 9.94. The van der Waals surface area contributed by atoms with Crippen molar-refractivity contribution in [2.45, 2.75) is 59.4 Å². The van der Waals surface area contributed by atoms with Gasteiger partial charge < -0.3 is 9.47 Å². The van der Waals surface area contributed by atoms with Crippen LogP contribution in [0.15, 0.2) is 6.20 Å². The number of imidazole rings is 1. The molecule has 0 spiro atoms. The van der Waals surface area contributed by atoms with E-state index in [4.69, 9.17) is 0 Å². The summed E-state index contributed by atoms with van der Waals surface area (Å²) in [4.78, 5) is 18.5. The van der Waals surface area contributed by atoms with Crippen molar-refractivity contribution in [3.63, 3.8) is 0 Å². The van der Waals surface area contributed by atoms with E-state index in [9.17, 15) is 4.79 Å². The third-order valence-corrected chi connectivity index (χ3v) is 4.22. The summed E-state index contributed by atoms with van der Waals surface area (Å²) in [6, 6.07) is 0.449. The first-order chi connectivity index (χ1) is 9.52. The van der Waals surface area contributed by atoms with Crippen LogP contribution in [0.3, 0.4) is 0 Å². The van der Waals surface area contributed by atoms with E-state index in [1.54, 1.807) is 0 Å². The molecule has 0 saturated carbocycles. The normalized spacial score (nSPS) is 19.6. The monoisotopic (exact) mass is 277 g/mol. The van der Waals surface area contributed by atoms with E-state index in [0.717, 1.165) is 25.9 Å². The van der Waals surface area contributed by atoms with Gasteiger partial charge in [-0.15, -0.1) is 0 Å². The van der Waals surface area contributed by atoms with Gasteiger partial charge in [-0.3, -0.25) is 4.79 Å². The van der Waals surface area contributed by atoms with Crippen LogP contribution >= 0.6 is 0 Å². The molecule has 1 unspecified atom stereocenters. The summed E-state index contributed by atoms with van der Waals surface area (Å²) in [5.41, 5.74) is 1.23. The maximum atomic E-state index is 11.8. The Labute approximate surface area is 122 Å². The fourth-order valence-corrected chi connectivity index (χ4v) is 3.29. The molecule has 1 aliphatic rings. The predicted molar refractivity (Wildman–Crippen MR) is 80.6 cm³/mol. The van der Waals surface area contributed by atoms with Crippen molar-refractivity contribution in [1.82, 2.24) is 14.5 Å². The molecule has 2 heterocycles. The number of hydrogen-bond acceptors (Lipinski definition) is 2. The average molecular weight is 277 g/mol. The number of likely N-dealkylation sites (tertiary alicyclic amines) is 1. The summed E-state index contributed by atoms with van der Waals surface area (Å²) in [6.45, 7) is 10.3. The van der Waals surface area contributed by atoms with Gasteiger partial charge in [0.2, 0.25) is 5.91 Å². The Balaban J connectivity index is 2.05. The minimum atomic E-state index is 0.290. The Morgan fingerprint density at radius 1 is 1.50 bits per heavy atom. The lowest BCUT2D eigenvalue weighted by Crippen LogP contribution is -2.40. The fraction of sp³-hybridized carbons (Fsp3) is 0.750. The maximum Gasteiger partial charge on any atom is 0.222 e. The number of carbonyl (C=O) groups is 1. The van der Waals surface area contributed by atoms with Gasteiger partial charge in [-0.1, -0.05) is 6.92 Å². The highest BCUT2D eigenvalue weighted by Gasteiger charge is 2.24. The van der Waals surface area contributed by atoms with Crippen molar-refractivity contribution in [1.29, 1.82) is 0 Å². The summed E-state index contributed by atoms with van der Waals surface area (Å²) in [5, 5.41) is 0. The molecule has 112 valence electrons. The second kappa shape index (κ2) is 6.42. The Hall–Kier alpha value is -1.32. The molecule has 2 rings (SSSR count). The number of nitrogens with zero attached hydrogens (tertiary/aromatic N) is 3. The van der Waals surface area contributed by atoms with Crippen LogP contribution in [0.25, 0.3) is 0 Å². The SMILES string of the molecule is CCC(=O)N1CCCC(Cc2ncc(C)n2C(C)C)C1. The van der Waals surface area contributed by atoms with Crippen LogP contribution in [0.1, 0.15) is 57.6 Å². The van der Waals surface area contributed by atoms with Crippen molar-refractivity contribution in [2.75, 3.05) is 13.1 Å². The summed E-state index contributed by atoms with van der Waals surface area (Å²) >= 11 is 0. The zero-order valence-corrected chi connectivity index (χ0v) is 13.2. The van der Waals surface area contributed by atoms with Crippen LogP contribution in [0, 0.1) is 12.8 Å². The Morgan fingerprint density at radius 3 is 2.90 bits per heavy atom. The third kappa shape index (κ3) is 3.22. The zero-order valence-electron chi connectivity index (χ0n) is 13.2. The molecule has 1 atom stereocenters. The molecule has 1 aromatic rings. The summed E-state index contributed by atoms with van der Waals surface area (Å²) in [5.74, 6) is 2.02. The molecule has 0 radical (unpaired) electrons. The van der Waals surface area contributed by atoms with Crippen molar-refractivity contribution < 1.29 is 4.79 Å². The standard InChI is InChI=1S/C16H27N3O/c1-5-16(20)18-8-6-7-14(11-18)9-15-17-10-13(4)19(15)12(2)3/h10,12,14H,5-9,11H2,1-4H3. The van der Waals surface area contributed by atoms with Gasteiger partial charge in [0.15, 0.2) is 0 Å². The van der Waals surface area contributed by atoms with Crippen molar-refractivity contribution in [3.8, 4) is 0 Å². The first kappa shape index (κ1) is 15.1. The summed E-state index contributed by atoms with van der Waals surface area (Å²) < 4.78 is 2.32. The van der Waals surface area contributed by atoms with Gasteiger partial charge in [-0.2, -0.15) is 0 Å². The second-order valence-electron chi connectivity index (χ2n) is 6.19. The molecular weight excluding hydrogens is 250 g/mol. The van der Waals surface area contributed by atoms with E-state index in [1.165, 1.54) is 17.9 Å². The number of aromatic nitrogens is 2. The molecule has 4 heteroatoms. The summed E-state index contributed by atoms with van der Waals surface area (Å²) in [7, 11) is 0. The van der Waals surface area contributed by atoms with Gasteiger partial charge >= 0.3 is 0 Å². The topological polar surface area (TPSA) is 38.1 Å². The molecule has 0 bridgehead atoms. The number of hydrogen-bond donors (Lipinski definition) is 0. The largest absolute Gasteiger partial charge is 0.342 e. The molecule has 1 aliphatic heterocycles. The van der Waals surface area contributed by atoms with Crippen LogP contribution in [0.5, 0.6) is 0 Å². The van der Waals surface area contributed by atoms with E-state index >= 15 is 0 Å². The maximum absolute atomic E-state index is 11.8. The van der Waals surface area contributed by atoms with Crippen molar-refractivity contribution in [3.05, 3.63) is 17.7 Å². The lowest BCUT2D eigenvalue weighted by molar-refractivity contribution is -0.132. The van der Waals surface area contributed by atoms with E-state index in [2.05, 4.69) is 30.3 Å². The van der Waals surface area contributed by atoms with Gasteiger partial charge in [-0.05, 0) is 39.5 Å².